The van der Waals surface area contributed by atoms with Crippen LogP contribution in [0.1, 0.15) is 0 Å². The molecule has 2 aromatic heterocycles. The lowest BCUT2D eigenvalue weighted by atomic mass is 10.4. The lowest BCUT2D eigenvalue weighted by Crippen LogP contribution is -1.95. The molecule has 2 aromatic rings. The van der Waals surface area contributed by atoms with E-state index in [4.69, 9.17) is 5.73 Å². The van der Waals surface area contributed by atoms with Gasteiger partial charge in [-0.05, 0) is 12.1 Å². The molecule has 2 rings (SSSR count). The van der Waals surface area contributed by atoms with Crippen LogP contribution in [0.3, 0.4) is 0 Å². The van der Waals surface area contributed by atoms with Crippen LogP contribution in [0.2, 0.25) is 0 Å². The minimum Gasteiger partial charge on any atom is -0.384 e. The van der Waals surface area contributed by atoms with Crippen molar-refractivity contribution >= 4 is 5.82 Å². The summed E-state index contributed by atoms with van der Waals surface area (Å²) in [6.07, 6.45) is 4.68. The SMILES string of the molecule is Nc1ccnc(-c2ccncn2)n1. The molecule has 0 aliphatic heterocycles. The van der Waals surface area contributed by atoms with E-state index in [2.05, 4.69) is 19.9 Å². The molecule has 64 valence electrons. The molecule has 0 aromatic carbocycles. The minimum absolute atomic E-state index is 0.434. The molecule has 13 heavy (non-hydrogen) atoms. The second-order valence-corrected chi connectivity index (χ2v) is 2.40. The maximum Gasteiger partial charge on any atom is 0.180 e. The quantitative estimate of drug-likeness (QED) is 0.680. The normalized spacial score (nSPS) is 9.85. The van der Waals surface area contributed by atoms with Crippen molar-refractivity contribution in [3.8, 4) is 11.5 Å². The van der Waals surface area contributed by atoms with E-state index in [0.717, 1.165) is 0 Å². The summed E-state index contributed by atoms with van der Waals surface area (Å²) in [5, 5.41) is 0. The Kier molecular flexibility index (Phi) is 1.84. The van der Waals surface area contributed by atoms with Crippen LogP contribution in [0, 0.1) is 0 Å². The highest BCUT2D eigenvalue weighted by atomic mass is 15.0. The molecular formula is C8H7N5. The van der Waals surface area contributed by atoms with Gasteiger partial charge in [-0.1, -0.05) is 0 Å². The van der Waals surface area contributed by atoms with Crippen LogP contribution in [0.5, 0.6) is 0 Å². The lowest BCUT2D eigenvalue weighted by Gasteiger charge is -1.97. The molecule has 2 N–H and O–H groups in total. The number of anilines is 1. The third-order valence-electron chi connectivity index (χ3n) is 1.49. The Bertz CT molecular complexity index is 400. The summed E-state index contributed by atoms with van der Waals surface area (Å²) in [6, 6.07) is 3.36. The van der Waals surface area contributed by atoms with Gasteiger partial charge in [-0.2, -0.15) is 0 Å². The Hall–Kier alpha value is -2.04. The van der Waals surface area contributed by atoms with Crippen molar-refractivity contribution in [2.75, 3.05) is 5.73 Å². The Morgan fingerprint density at radius 2 is 2.00 bits per heavy atom. The zero-order chi connectivity index (χ0) is 9.10. The summed E-state index contributed by atoms with van der Waals surface area (Å²) in [6.45, 7) is 0. The molecule has 0 radical (unpaired) electrons. The minimum atomic E-state index is 0.434. The number of aromatic nitrogens is 4. The fourth-order valence-electron chi connectivity index (χ4n) is 0.919. The maximum atomic E-state index is 5.50. The van der Waals surface area contributed by atoms with Gasteiger partial charge in [0.2, 0.25) is 0 Å². The van der Waals surface area contributed by atoms with Crippen molar-refractivity contribution in [2.24, 2.45) is 0 Å². The molecule has 0 atom stereocenters. The van der Waals surface area contributed by atoms with Crippen LogP contribution in [0.15, 0.2) is 30.9 Å². The molecule has 0 amide bonds. The van der Waals surface area contributed by atoms with Crippen molar-refractivity contribution in [1.82, 2.24) is 19.9 Å². The van der Waals surface area contributed by atoms with Gasteiger partial charge in [0.1, 0.15) is 17.8 Å². The van der Waals surface area contributed by atoms with E-state index in [9.17, 15) is 0 Å². The molecule has 5 nitrogen and oxygen atoms in total. The van der Waals surface area contributed by atoms with Gasteiger partial charge in [0.15, 0.2) is 5.82 Å². The molecule has 5 heteroatoms. The van der Waals surface area contributed by atoms with E-state index in [0.29, 0.717) is 17.3 Å². The third kappa shape index (κ3) is 1.58. The van der Waals surface area contributed by atoms with E-state index in [-0.39, 0.29) is 0 Å². The smallest absolute Gasteiger partial charge is 0.180 e. The first-order valence-corrected chi connectivity index (χ1v) is 3.71. The predicted molar refractivity (Wildman–Crippen MR) is 47.5 cm³/mol. The molecule has 0 spiro atoms. The van der Waals surface area contributed by atoms with Gasteiger partial charge < -0.3 is 5.73 Å². The van der Waals surface area contributed by atoms with Crippen LogP contribution in [-0.2, 0) is 0 Å². The van der Waals surface area contributed by atoms with Crippen LogP contribution < -0.4 is 5.73 Å². The zero-order valence-corrected chi connectivity index (χ0v) is 6.75. The summed E-state index contributed by atoms with van der Waals surface area (Å²) in [7, 11) is 0. The third-order valence-corrected chi connectivity index (χ3v) is 1.49. The first kappa shape index (κ1) is 7.60. The van der Waals surface area contributed by atoms with Crippen molar-refractivity contribution in [2.45, 2.75) is 0 Å². The molecule has 0 aliphatic rings. The highest BCUT2D eigenvalue weighted by molar-refractivity contribution is 5.49. The average molecular weight is 173 g/mol. The van der Waals surface area contributed by atoms with E-state index in [1.54, 1.807) is 24.5 Å². The first-order chi connectivity index (χ1) is 6.36. The van der Waals surface area contributed by atoms with Crippen molar-refractivity contribution in [1.29, 1.82) is 0 Å². The predicted octanol–water partition coefficient (Wildman–Crippen LogP) is 0.516. The average Bonchev–Trinajstić information content (AvgIpc) is 2.19. The largest absolute Gasteiger partial charge is 0.384 e. The summed E-state index contributed by atoms with van der Waals surface area (Å²) in [5.74, 6) is 0.950. The first-order valence-electron chi connectivity index (χ1n) is 3.71. The number of rotatable bonds is 1. The number of nitrogen functional groups attached to an aromatic ring is 1. The number of hydrogen-bond donors (Lipinski definition) is 1. The summed E-state index contributed by atoms with van der Waals surface area (Å²) in [4.78, 5) is 15.8. The van der Waals surface area contributed by atoms with E-state index in [1.807, 2.05) is 0 Å². The Morgan fingerprint density at radius 3 is 2.69 bits per heavy atom. The van der Waals surface area contributed by atoms with Gasteiger partial charge in [0, 0.05) is 12.4 Å². The van der Waals surface area contributed by atoms with Gasteiger partial charge in [-0.25, -0.2) is 19.9 Å². The van der Waals surface area contributed by atoms with Gasteiger partial charge >= 0.3 is 0 Å². The summed E-state index contributed by atoms with van der Waals surface area (Å²) < 4.78 is 0. The van der Waals surface area contributed by atoms with Crippen molar-refractivity contribution < 1.29 is 0 Å². The molecule has 0 saturated carbocycles. The second-order valence-electron chi connectivity index (χ2n) is 2.40. The van der Waals surface area contributed by atoms with Crippen molar-refractivity contribution in [3.05, 3.63) is 30.9 Å². The summed E-state index contributed by atoms with van der Waals surface area (Å²) in [5.41, 5.74) is 6.17. The van der Waals surface area contributed by atoms with Crippen molar-refractivity contribution in [3.63, 3.8) is 0 Å². The maximum absolute atomic E-state index is 5.50. The lowest BCUT2D eigenvalue weighted by molar-refractivity contribution is 1.11. The van der Waals surface area contributed by atoms with E-state index in [1.165, 1.54) is 6.33 Å². The van der Waals surface area contributed by atoms with E-state index >= 15 is 0 Å². The Morgan fingerprint density at radius 1 is 1.08 bits per heavy atom. The monoisotopic (exact) mass is 173 g/mol. The molecule has 0 bridgehead atoms. The van der Waals surface area contributed by atoms with Gasteiger partial charge in [0.25, 0.3) is 0 Å². The van der Waals surface area contributed by atoms with Crippen LogP contribution in [0.25, 0.3) is 11.5 Å². The van der Waals surface area contributed by atoms with Gasteiger partial charge in [0.05, 0.1) is 0 Å². The molecule has 0 saturated heterocycles. The topological polar surface area (TPSA) is 77.6 Å². The standard InChI is InChI=1S/C8H7N5/c9-7-2-4-11-8(13-7)6-1-3-10-5-12-6/h1-5H,(H2,9,11,13). The van der Waals surface area contributed by atoms with Crippen LogP contribution in [-0.4, -0.2) is 19.9 Å². The van der Waals surface area contributed by atoms with Crippen LogP contribution in [0.4, 0.5) is 5.82 Å². The number of nitrogens with two attached hydrogens (primary N) is 1. The second kappa shape index (κ2) is 3.14. The molecule has 0 aliphatic carbocycles. The zero-order valence-electron chi connectivity index (χ0n) is 6.75. The molecule has 2 heterocycles. The number of nitrogens with zero attached hydrogens (tertiary/aromatic N) is 4. The Balaban J connectivity index is 2.48. The fourth-order valence-corrected chi connectivity index (χ4v) is 0.919. The molecular weight excluding hydrogens is 166 g/mol. The fraction of sp³-hybridized carbons (Fsp3) is 0. The molecule has 0 fully saturated rings. The highest BCUT2D eigenvalue weighted by Crippen LogP contribution is 2.09. The van der Waals surface area contributed by atoms with Crippen LogP contribution >= 0.6 is 0 Å². The number of hydrogen-bond acceptors (Lipinski definition) is 5. The highest BCUT2D eigenvalue weighted by Gasteiger charge is 2.00. The van der Waals surface area contributed by atoms with E-state index < -0.39 is 0 Å². The molecule has 0 unspecified atom stereocenters. The Labute approximate surface area is 74.7 Å². The van der Waals surface area contributed by atoms with Gasteiger partial charge in [-0.3, -0.25) is 0 Å². The van der Waals surface area contributed by atoms with Gasteiger partial charge in [-0.15, -0.1) is 0 Å². The summed E-state index contributed by atoms with van der Waals surface area (Å²) >= 11 is 0.